The third kappa shape index (κ3) is 3.73. The van der Waals surface area contributed by atoms with E-state index in [9.17, 15) is 9.90 Å². The fraction of sp³-hybridized carbons (Fsp3) is 0.462. The first-order valence-corrected chi connectivity index (χ1v) is 6.87. The summed E-state index contributed by atoms with van der Waals surface area (Å²) in [5, 5.41) is 10.5. The van der Waals surface area contributed by atoms with Gasteiger partial charge in [-0.05, 0) is 25.5 Å². The number of nitrogens with zero attached hydrogens (tertiary/aromatic N) is 1. The highest BCUT2D eigenvalue weighted by atomic mass is 79.9. The second-order valence-corrected chi connectivity index (χ2v) is 4.79. The SMILES string of the molecule is CCCN(CCBr)C(=O)c1cc(C)ccc1O. The van der Waals surface area contributed by atoms with Crippen molar-refractivity contribution in [3.8, 4) is 5.75 Å². The Labute approximate surface area is 111 Å². The third-order valence-electron chi connectivity index (χ3n) is 2.52. The van der Waals surface area contributed by atoms with Crippen molar-refractivity contribution in [1.29, 1.82) is 0 Å². The number of phenolic OH excluding ortho intramolecular Hbond substituents is 1. The van der Waals surface area contributed by atoms with Gasteiger partial charge in [0.15, 0.2) is 0 Å². The molecule has 1 amide bonds. The molecule has 17 heavy (non-hydrogen) atoms. The van der Waals surface area contributed by atoms with Crippen LogP contribution in [0.2, 0.25) is 0 Å². The van der Waals surface area contributed by atoms with Gasteiger partial charge in [-0.1, -0.05) is 34.5 Å². The minimum atomic E-state index is -0.104. The van der Waals surface area contributed by atoms with E-state index in [1.807, 2.05) is 13.8 Å². The van der Waals surface area contributed by atoms with E-state index >= 15 is 0 Å². The van der Waals surface area contributed by atoms with Crippen LogP contribution in [0.15, 0.2) is 18.2 Å². The lowest BCUT2D eigenvalue weighted by atomic mass is 10.1. The van der Waals surface area contributed by atoms with Crippen LogP contribution in [0.5, 0.6) is 5.75 Å². The van der Waals surface area contributed by atoms with E-state index in [2.05, 4.69) is 15.9 Å². The molecule has 0 atom stereocenters. The molecule has 1 aromatic rings. The summed E-state index contributed by atoms with van der Waals surface area (Å²) >= 11 is 3.34. The maximum Gasteiger partial charge on any atom is 0.257 e. The van der Waals surface area contributed by atoms with E-state index in [0.29, 0.717) is 18.7 Å². The van der Waals surface area contributed by atoms with E-state index in [1.165, 1.54) is 0 Å². The lowest BCUT2D eigenvalue weighted by Crippen LogP contribution is -2.33. The lowest BCUT2D eigenvalue weighted by Gasteiger charge is -2.21. The minimum Gasteiger partial charge on any atom is -0.507 e. The van der Waals surface area contributed by atoms with Crippen LogP contribution in [0.25, 0.3) is 0 Å². The fourth-order valence-electron chi connectivity index (χ4n) is 1.68. The van der Waals surface area contributed by atoms with E-state index in [1.54, 1.807) is 23.1 Å². The number of aromatic hydroxyl groups is 1. The third-order valence-corrected chi connectivity index (χ3v) is 2.87. The molecule has 0 saturated carbocycles. The Morgan fingerprint density at radius 2 is 2.12 bits per heavy atom. The predicted molar refractivity (Wildman–Crippen MR) is 72.8 cm³/mol. The molecule has 0 saturated heterocycles. The summed E-state index contributed by atoms with van der Waals surface area (Å²) < 4.78 is 0. The van der Waals surface area contributed by atoms with Crippen LogP contribution in [-0.4, -0.2) is 34.3 Å². The first kappa shape index (κ1) is 14.0. The number of carbonyl (C=O) groups is 1. The molecule has 3 nitrogen and oxygen atoms in total. The number of hydrogen-bond donors (Lipinski definition) is 1. The highest BCUT2D eigenvalue weighted by Crippen LogP contribution is 2.20. The highest BCUT2D eigenvalue weighted by molar-refractivity contribution is 9.09. The molecule has 0 aromatic heterocycles. The Bertz CT molecular complexity index is 387. The zero-order valence-corrected chi connectivity index (χ0v) is 11.8. The Morgan fingerprint density at radius 3 is 2.71 bits per heavy atom. The average Bonchev–Trinajstić information content (AvgIpc) is 2.31. The van der Waals surface area contributed by atoms with Crippen LogP contribution < -0.4 is 0 Å². The predicted octanol–water partition coefficient (Wildman–Crippen LogP) is 2.95. The molecule has 0 unspecified atom stereocenters. The van der Waals surface area contributed by atoms with E-state index in [-0.39, 0.29) is 11.7 Å². The van der Waals surface area contributed by atoms with Crippen molar-refractivity contribution in [1.82, 2.24) is 4.90 Å². The van der Waals surface area contributed by atoms with Gasteiger partial charge in [-0.15, -0.1) is 0 Å². The van der Waals surface area contributed by atoms with Crippen LogP contribution in [0.3, 0.4) is 0 Å². The van der Waals surface area contributed by atoms with E-state index in [4.69, 9.17) is 0 Å². The summed E-state index contributed by atoms with van der Waals surface area (Å²) in [5.74, 6) is -0.0521. The summed E-state index contributed by atoms with van der Waals surface area (Å²) in [4.78, 5) is 14.0. The number of rotatable bonds is 5. The molecular weight excluding hydrogens is 282 g/mol. The second kappa shape index (κ2) is 6.64. The fourth-order valence-corrected chi connectivity index (χ4v) is 2.11. The maximum atomic E-state index is 12.2. The first-order chi connectivity index (χ1) is 8.10. The number of benzene rings is 1. The lowest BCUT2D eigenvalue weighted by molar-refractivity contribution is 0.0763. The van der Waals surface area contributed by atoms with Crippen LogP contribution in [0.4, 0.5) is 0 Å². The quantitative estimate of drug-likeness (QED) is 0.849. The first-order valence-electron chi connectivity index (χ1n) is 5.75. The van der Waals surface area contributed by atoms with E-state index < -0.39 is 0 Å². The Balaban J connectivity index is 2.95. The molecule has 1 rings (SSSR count). The molecule has 0 fully saturated rings. The standard InChI is InChI=1S/C13H18BrNO2/c1-3-7-15(8-6-14)13(17)11-9-10(2)4-5-12(11)16/h4-5,9,16H,3,6-8H2,1-2H3. The maximum absolute atomic E-state index is 12.2. The second-order valence-electron chi connectivity index (χ2n) is 4.00. The number of halogens is 1. The summed E-state index contributed by atoms with van der Waals surface area (Å²) in [6.07, 6.45) is 0.908. The number of aryl methyl sites for hydroxylation is 1. The minimum absolute atomic E-state index is 0.0521. The van der Waals surface area contributed by atoms with Crippen molar-refractivity contribution in [3.05, 3.63) is 29.3 Å². The topological polar surface area (TPSA) is 40.5 Å². The van der Waals surface area contributed by atoms with E-state index in [0.717, 1.165) is 17.3 Å². The van der Waals surface area contributed by atoms with Gasteiger partial charge < -0.3 is 10.0 Å². The number of amides is 1. The van der Waals surface area contributed by atoms with Gasteiger partial charge in [0.25, 0.3) is 5.91 Å². The zero-order chi connectivity index (χ0) is 12.8. The Morgan fingerprint density at radius 1 is 1.41 bits per heavy atom. The highest BCUT2D eigenvalue weighted by Gasteiger charge is 2.17. The van der Waals surface area contributed by atoms with Crippen LogP contribution >= 0.6 is 15.9 Å². The molecule has 0 aliphatic carbocycles. The summed E-state index contributed by atoms with van der Waals surface area (Å²) in [5.41, 5.74) is 1.36. The summed E-state index contributed by atoms with van der Waals surface area (Å²) in [7, 11) is 0. The number of phenols is 1. The molecule has 0 heterocycles. The van der Waals surface area contributed by atoms with Crippen molar-refractivity contribution in [2.75, 3.05) is 18.4 Å². The van der Waals surface area contributed by atoms with Crippen molar-refractivity contribution >= 4 is 21.8 Å². The van der Waals surface area contributed by atoms with Gasteiger partial charge in [0.05, 0.1) is 5.56 Å². The number of alkyl halides is 1. The van der Waals surface area contributed by atoms with Gasteiger partial charge >= 0.3 is 0 Å². The van der Waals surface area contributed by atoms with Crippen LogP contribution in [0, 0.1) is 6.92 Å². The summed E-state index contributed by atoms with van der Waals surface area (Å²) in [6.45, 7) is 5.30. The molecule has 0 radical (unpaired) electrons. The monoisotopic (exact) mass is 299 g/mol. The molecule has 1 aromatic carbocycles. The molecule has 1 N–H and O–H groups in total. The Hall–Kier alpha value is -1.03. The molecule has 0 aliphatic rings. The van der Waals surface area contributed by atoms with Gasteiger partial charge in [0, 0.05) is 18.4 Å². The molecular formula is C13H18BrNO2. The molecule has 0 aliphatic heterocycles. The van der Waals surface area contributed by atoms with Gasteiger partial charge in [-0.25, -0.2) is 0 Å². The van der Waals surface area contributed by atoms with Gasteiger partial charge in [0.2, 0.25) is 0 Å². The molecule has 94 valence electrons. The van der Waals surface area contributed by atoms with Crippen LogP contribution in [-0.2, 0) is 0 Å². The Kier molecular flexibility index (Phi) is 5.48. The van der Waals surface area contributed by atoms with Gasteiger partial charge in [0.1, 0.15) is 5.75 Å². The largest absolute Gasteiger partial charge is 0.507 e. The normalized spacial score (nSPS) is 10.3. The molecule has 0 bridgehead atoms. The van der Waals surface area contributed by atoms with Crippen molar-refractivity contribution in [2.45, 2.75) is 20.3 Å². The van der Waals surface area contributed by atoms with Crippen molar-refractivity contribution in [3.63, 3.8) is 0 Å². The van der Waals surface area contributed by atoms with Gasteiger partial charge in [-0.2, -0.15) is 0 Å². The average molecular weight is 300 g/mol. The van der Waals surface area contributed by atoms with Gasteiger partial charge in [-0.3, -0.25) is 4.79 Å². The summed E-state index contributed by atoms with van der Waals surface area (Å²) in [6, 6.07) is 5.09. The number of hydrogen-bond acceptors (Lipinski definition) is 2. The smallest absolute Gasteiger partial charge is 0.257 e. The molecule has 0 spiro atoms. The van der Waals surface area contributed by atoms with Crippen molar-refractivity contribution < 1.29 is 9.90 Å². The van der Waals surface area contributed by atoms with Crippen molar-refractivity contribution in [2.24, 2.45) is 0 Å². The zero-order valence-electron chi connectivity index (χ0n) is 10.2. The molecule has 4 heteroatoms. The van der Waals surface area contributed by atoms with Crippen LogP contribution in [0.1, 0.15) is 29.3 Å². The number of carbonyl (C=O) groups excluding carboxylic acids is 1.